The first kappa shape index (κ1) is 14.4. The fraction of sp³-hybridized carbons (Fsp3) is 0.750. The second-order valence-electron chi connectivity index (χ2n) is 6.83. The van der Waals surface area contributed by atoms with E-state index in [-0.39, 0.29) is 0 Å². The minimum absolute atomic E-state index is 0.334. The van der Waals surface area contributed by atoms with Crippen LogP contribution in [0.2, 0.25) is 0 Å². The molecule has 1 fully saturated rings. The van der Waals surface area contributed by atoms with Crippen molar-refractivity contribution in [3.63, 3.8) is 0 Å². The number of hydrogen-bond acceptors (Lipinski definition) is 1. The van der Waals surface area contributed by atoms with Gasteiger partial charge < -0.3 is 0 Å². The highest BCUT2D eigenvalue weighted by molar-refractivity contribution is 7.07. The van der Waals surface area contributed by atoms with Crippen LogP contribution in [0.3, 0.4) is 0 Å². The molecule has 0 bridgehead atoms. The highest BCUT2D eigenvalue weighted by atomic mass is 35.5. The number of alkyl halides is 1. The van der Waals surface area contributed by atoms with Gasteiger partial charge in [-0.05, 0) is 71.7 Å². The van der Waals surface area contributed by atoms with Crippen LogP contribution >= 0.6 is 22.9 Å². The fourth-order valence-electron chi connectivity index (χ4n) is 3.15. The molecule has 2 heteroatoms. The Labute approximate surface area is 121 Å². The molecular weight excluding hydrogens is 260 g/mol. The Balaban J connectivity index is 1.82. The molecule has 102 valence electrons. The molecule has 0 amide bonds. The summed E-state index contributed by atoms with van der Waals surface area (Å²) in [6.45, 7) is 7.13. The zero-order valence-electron chi connectivity index (χ0n) is 11.8. The van der Waals surface area contributed by atoms with Crippen molar-refractivity contribution in [1.29, 1.82) is 0 Å². The lowest BCUT2D eigenvalue weighted by Gasteiger charge is -2.38. The van der Waals surface area contributed by atoms with E-state index in [1.165, 1.54) is 31.2 Å². The van der Waals surface area contributed by atoms with Crippen LogP contribution in [-0.2, 0) is 6.42 Å². The van der Waals surface area contributed by atoms with Crippen molar-refractivity contribution in [2.45, 2.75) is 58.3 Å². The van der Waals surface area contributed by atoms with Crippen LogP contribution in [0.4, 0.5) is 0 Å². The first-order valence-corrected chi connectivity index (χ1v) is 8.50. The molecule has 1 atom stereocenters. The van der Waals surface area contributed by atoms with Crippen LogP contribution in [0, 0.1) is 17.3 Å². The molecule has 2 rings (SSSR count). The predicted molar refractivity (Wildman–Crippen MR) is 82.6 cm³/mol. The largest absolute Gasteiger partial charge is 0.152 e. The first-order valence-electron chi connectivity index (χ1n) is 7.12. The van der Waals surface area contributed by atoms with Gasteiger partial charge in [-0.3, -0.25) is 0 Å². The number of hydrogen-bond donors (Lipinski definition) is 0. The molecular formula is C16H25ClS. The Morgan fingerprint density at radius 2 is 1.94 bits per heavy atom. The van der Waals surface area contributed by atoms with E-state index in [1.54, 1.807) is 11.3 Å². The summed E-state index contributed by atoms with van der Waals surface area (Å²) in [7, 11) is 0. The summed E-state index contributed by atoms with van der Waals surface area (Å²) in [4.78, 5) is 0. The lowest BCUT2D eigenvalue weighted by atomic mass is 9.69. The van der Waals surface area contributed by atoms with Crippen molar-refractivity contribution in [2.24, 2.45) is 17.3 Å². The van der Waals surface area contributed by atoms with Crippen LogP contribution in [0.15, 0.2) is 16.8 Å². The number of rotatable bonds is 3. The van der Waals surface area contributed by atoms with Crippen LogP contribution < -0.4 is 0 Å². The number of thiophene rings is 1. The van der Waals surface area contributed by atoms with Gasteiger partial charge in [0.15, 0.2) is 0 Å². The van der Waals surface area contributed by atoms with E-state index in [1.807, 2.05) is 0 Å². The third kappa shape index (κ3) is 3.74. The molecule has 0 N–H and O–H groups in total. The van der Waals surface area contributed by atoms with Gasteiger partial charge in [0.25, 0.3) is 0 Å². The standard InChI is InChI=1S/C16H25ClS/c1-16(2,3)14-6-4-13(5-7-14)15(17)10-12-8-9-18-11-12/h8-9,11,13-15H,4-7,10H2,1-3H3. The molecule has 1 aliphatic rings. The molecule has 0 spiro atoms. The Kier molecular flexibility index (Phi) is 4.77. The van der Waals surface area contributed by atoms with Gasteiger partial charge in [-0.25, -0.2) is 0 Å². The maximum atomic E-state index is 6.62. The maximum absolute atomic E-state index is 6.62. The predicted octanol–water partition coefficient (Wildman–Crippen LogP) is 5.75. The van der Waals surface area contributed by atoms with Crippen molar-refractivity contribution >= 4 is 22.9 Å². The molecule has 18 heavy (non-hydrogen) atoms. The van der Waals surface area contributed by atoms with Gasteiger partial charge in [0, 0.05) is 5.38 Å². The monoisotopic (exact) mass is 284 g/mol. The Morgan fingerprint density at radius 3 is 2.44 bits per heavy atom. The molecule has 1 aliphatic carbocycles. The highest BCUT2D eigenvalue weighted by Gasteiger charge is 2.32. The van der Waals surface area contributed by atoms with Gasteiger partial charge in [0.2, 0.25) is 0 Å². The van der Waals surface area contributed by atoms with E-state index >= 15 is 0 Å². The summed E-state index contributed by atoms with van der Waals surface area (Å²) < 4.78 is 0. The second-order valence-corrected chi connectivity index (χ2v) is 8.17. The third-order valence-electron chi connectivity index (χ3n) is 4.52. The van der Waals surface area contributed by atoms with Gasteiger partial charge in [0.1, 0.15) is 0 Å². The van der Waals surface area contributed by atoms with Gasteiger partial charge in [-0.2, -0.15) is 11.3 Å². The molecule has 0 radical (unpaired) electrons. The zero-order valence-corrected chi connectivity index (χ0v) is 13.4. The Hall–Kier alpha value is -0.0100. The molecule has 0 aliphatic heterocycles. The van der Waals surface area contributed by atoms with Crippen LogP contribution in [-0.4, -0.2) is 5.38 Å². The smallest absolute Gasteiger partial charge is 0.0404 e. The van der Waals surface area contributed by atoms with Crippen molar-refractivity contribution in [3.8, 4) is 0 Å². The van der Waals surface area contributed by atoms with E-state index in [9.17, 15) is 0 Å². The zero-order chi connectivity index (χ0) is 13.2. The van der Waals surface area contributed by atoms with Crippen molar-refractivity contribution < 1.29 is 0 Å². The summed E-state index contributed by atoms with van der Waals surface area (Å²) >= 11 is 8.39. The SMILES string of the molecule is CC(C)(C)C1CCC(C(Cl)Cc2ccsc2)CC1. The molecule has 1 aromatic heterocycles. The summed E-state index contributed by atoms with van der Waals surface area (Å²) in [5, 5.41) is 4.71. The summed E-state index contributed by atoms with van der Waals surface area (Å²) in [5.74, 6) is 1.61. The fourth-order valence-corrected chi connectivity index (χ4v) is 4.26. The third-order valence-corrected chi connectivity index (χ3v) is 5.76. The van der Waals surface area contributed by atoms with E-state index in [0.717, 1.165) is 18.3 Å². The number of halogens is 1. The topological polar surface area (TPSA) is 0 Å². The lowest BCUT2D eigenvalue weighted by molar-refractivity contribution is 0.148. The van der Waals surface area contributed by atoms with Crippen LogP contribution in [0.1, 0.15) is 52.0 Å². The maximum Gasteiger partial charge on any atom is 0.0404 e. The highest BCUT2D eigenvalue weighted by Crippen LogP contribution is 2.42. The van der Waals surface area contributed by atoms with Crippen LogP contribution in [0.5, 0.6) is 0 Å². The Bertz CT molecular complexity index is 342. The summed E-state index contributed by atoms with van der Waals surface area (Å²) in [6.07, 6.45) is 6.42. The van der Waals surface area contributed by atoms with Crippen LogP contribution in [0.25, 0.3) is 0 Å². The normalized spacial score (nSPS) is 27.1. The quantitative estimate of drug-likeness (QED) is 0.620. The molecule has 1 unspecified atom stereocenters. The van der Waals surface area contributed by atoms with Crippen molar-refractivity contribution in [3.05, 3.63) is 22.4 Å². The van der Waals surface area contributed by atoms with E-state index in [2.05, 4.69) is 37.6 Å². The van der Waals surface area contributed by atoms with Gasteiger partial charge in [0.05, 0.1) is 0 Å². The van der Waals surface area contributed by atoms with Crippen molar-refractivity contribution in [2.75, 3.05) is 0 Å². The van der Waals surface area contributed by atoms with Gasteiger partial charge in [-0.15, -0.1) is 11.6 Å². The molecule has 0 saturated heterocycles. The van der Waals surface area contributed by atoms with Gasteiger partial charge in [-0.1, -0.05) is 20.8 Å². The average molecular weight is 285 g/mol. The first-order chi connectivity index (χ1) is 8.47. The van der Waals surface area contributed by atoms with Gasteiger partial charge >= 0.3 is 0 Å². The molecule has 0 aromatic carbocycles. The van der Waals surface area contributed by atoms with E-state index in [4.69, 9.17) is 11.6 Å². The van der Waals surface area contributed by atoms with E-state index < -0.39 is 0 Å². The molecule has 1 aromatic rings. The minimum Gasteiger partial charge on any atom is -0.152 e. The average Bonchev–Trinajstić information content (AvgIpc) is 2.81. The molecule has 1 heterocycles. The summed E-state index contributed by atoms with van der Waals surface area (Å²) in [5.41, 5.74) is 1.89. The molecule has 1 saturated carbocycles. The summed E-state index contributed by atoms with van der Waals surface area (Å²) in [6, 6.07) is 2.21. The Morgan fingerprint density at radius 1 is 1.28 bits per heavy atom. The molecule has 0 nitrogen and oxygen atoms in total. The minimum atomic E-state index is 0.334. The second kappa shape index (κ2) is 5.96. The lowest BCUT2D eigenvalue weighted by Crippen LogP contribution is -2.29. The van der Waals surface area contributed by atoms with E-state index in [0.29, 0.717) is 10.8 Å². The van der Waals surface area contributed by atoms with Crippen molar-refractivity contribution in [1.82, 2.24) is 0 Å².